The van der Waals surface area contributed by atoms with Crippen LogP contribution < -0.4 is 5.32 Å². The highest BCUT2D eigenvalue weighted by Gasteiger charge is 2.53. The number of imide groups is 1. The highest BCUT2D eigenvalue weighted by Crippen LogP contribution is 2.51. The first-order valence-corrected chi connectivity index (χ1v) is 9.77. The van der Waals surface area contributed by atoms with Crippen molar-refractivity contribution in [1.82, 2.24) is 10.2 Å². The summed E-state index contributed by atoms with van der Waals surface area (Å²) in [7, 11) is 0. The summed E-state index contributed by atoms with van der Waals surface area (Å²) in [6.07, 6.45) is 1.45. The Kier molecular flexibility index (Phi) is 4.71. The van der Waals surface area contributed by atoms with E-state index >= 15 is 0 Å². The van der Waals surface area contributed by atoms with Crippen molar-refractivity contribution >= 4 is 29.3 Å². The molecule has 6 heteroatoms. The lowest BCUT2D eigenvalue weighted by Crippen LogP contribution is -2.36. The summed E-state index contributed by atoms with van der Waals surface area (Å²) < 4.78 is 0. The van der Waals surface area contributed by atoms with Crippen molar-refractivity contribution in [2.75, 3.05) is 0 Å². The van der Waals surface area contributed by atoms with Crippen molar-refractivity contribution in [3.05, 3.63) is 70.2 Å². The van der Waals surface area contributed by atoms with Gasteiger partial charge in [0.15, 0.2) is 0 Å². The lowest BCUT2D eigenvalue weighted by Gasteiger charge is -2.20. The zero-order valence-electron chi connectivity index (χ0n) is 15.6. The van der Waals surface area contributed by atoms with Crippen LogP contribution in [0.1, 0.15) is 47.7 Å². The fourth-order valence-electron chi connectivity index (χ4n) is 3.84. The van der Waals surface area contributed by atoms with Gasteiger partial charge in [-0.15, -0.1) is 0 Å². The molecule has 2 aliphatic rings. The Morgan fingerprint density at radius 1 is 1.07 bits per heavy atom. The fourth-order valence-corrected chi connectivity index (χ4v) is 3.96. The average molecular weight is 397 g/mol. The van der Waals surface area contributed by atoms with E-state index in [1.54, 1.807) is 24.3 Å². The molecule has 1 aliphatic carbocycles. The molecule has 5 nitrogen and oxygen atoms in total. The molecule has 144 valence electrons. The van der Waals surface area contributed by atoms with Gasteiger partial charge < -0.3 is 5.32 Å². The predicted octanol–water partition coefficient (Wildman–Crippen LogP) is 3.65. The largest absolute Gasteiger partial charge is 0.342 e. The molecule has 3 amide bonds. The Bertz CT molecular complexity index is 923. The Hall–Kier alpha value is -2.66. The molecular weight excluding hydrogens is 376 g/mol. The van der Waals surface area contributed by atoms with Crippen molar-refractivity contribution in [1.29, 1.82) is 0 Å². The number of benzene rings is 2. The number of rotatable bonds is 5. The molecule has 4 rings (SSSR count). The highest BCUT2D eigenvalue weighted by molar-refractivity contribution is 6.30. The fraction of sp³-hybridized carbons (Fsp3) is 0.318. The molecule has 1 N–H and O–H groups in total. The molecule has 1 saturated carbocycles. The summed E-state index contributed by atoms with van der Waals surface area (Å²) in [5.74, 6) is -0.0674. The molecule has 2 unspecified atom stereocenters. The van der Waals surface area contributed by atoms with Gasteiger partial charge in [0.25, 0.3) is 5.91 Å². The number of halogens is 1. The lowest BCUT2D eigenvalue weighted by molar-refractivity contribution is -0.139. The monoisotopic (exact) mass is 396 g/mol. The first-order valence-electron chi connectivity index (χ1n) is 9.40. The third kappa shape index (κ3) is 3.42. The van der Waals surface area contributed by atoms with E-state index in [1.165, 1.54) is 4.90 Å². The summed E-state index contributed by atoms with van der Waals surface area (Å²) in [6.45, 7) is 2.37. The van der Waals surface area contributed by atoms with E-state index < -0.39 is 0 Å². The normalized spacial score (nSPS) is 23.8. The van der Waals surface area contributed by atoms with Crippen LogP contribution in [0, 0.1) is 5.92 Å². The van der Waals surface area contributed by atoms with Crippen LogP contribution in [0.15, 0.2) is 48.5 Å². The van der Waals surface area contributed by atoms with Crippen LogP contribution in [0.2, 0.25) is 5.02 Å². The van der Waals surface area contributed by atoms with Crippen molar-refractivity contribution in [3.8, 4) is 0 Å². The number of hydrogen-bond donors (Lipinski definition) is 1. The minimum absolute atomic E-state index is 0.139. The van der Waals surface area contributed by atoms with Crippen molar-refractivity contribution < 1.29 is 14.4 Å². The summed E-state index contributed by atoms with van der Waals surface area (Å²) in [5.41, 5.74) is 2.08. The quantitative estimate of drug-likeness (QED) is 0.784. The third-order valence-electron chi connectivity index (χ3n) is 5.72. The standard InChI is InChI=1S/C22H21ClN2O3/c1-14-12-22(14,17-6-8-18(23)9-7-17)24-21(28)16-4-2-15(3-5-16)13-25-19(26)10-11-20(25)27/h2-9,14H,10-13H2,1H3,(H,24,28). The Morgan fingerprint density at radius 3 is 2.18 bits per heavy atom. The summed E-state index contributed by atoms with van der Waals surface area (Å²) in [5, 5.41) is 3.85. The molecule has 0 aromatic heterocycles. The minimum Gasteiger partial charge on any atom is -0.342 e. The number of amides is 3. The molecular formula is C22H21ClN2O3. The number of carbonyl (C=O) groups excluding carboxylic acids is 3. The maximum absolute atomic E-state index is 12.8. The van der Waals surface area contributed by atoms with Gasteiger partial charge in [0.05, 0.1) is 12.1 Å². The SMILES string of the molecule is CC1CC1(NC(=O)c1ccc(CN2C(=O)CCC2=O)cc1)c1ccc(Cl)cc1. The van der Waals surface area contributed by atoms with Gasteiger partial charge >= 0.3 is 0 Å². The summed E-state index contributed by atoms with van der Waals surface area (Å²) in [4.78, 5) is 37.6. The van der Waals surface area contributed by atoms with E-state index in [2.05, 4.69) is 12.2 Å². The molecule has 0 bridgehead atoms. The Labute approximate surface area is 168 Å². The average Bonchev–Trinajstić information content (AvgIpc) is 3.23. The Balaban J connectivity index is 1.46. The van der Waals surface area contributed by atoms with Crippen LogP contribution in [0.5, 0.6) is 0 Å². The number of hydrogen-bond acceptors (Lipinski definition) is 3. The molecule has 2 atom stereocenters. The van der Waals surface area contributed by atoms with Gasteiger partial charge in [0.2, 0.25) is 11.8 Å². The molecule has 2 aromatic carbocycles. The number of carbonyl (C=O) groups is 3. The second-order valence-corrected chi connectivity index (χ2v) is 8.04. The van der Waals surface area contributed by atoms with E-state index in [0.29, 0.717) is 16.5 Å². The summed E-state index contributed by atoms with van der Waals surface area (Å²) >= 11 is 5.98. The number of nitrogens with zero attached hydrogens (tertiary/aromatic N) is 1. The van der Waals surface area contributed by atoms with E-state index in [-0.39, 0.29) is 42.6 Å². The van der Waals surface area contributed by atoms with Crippen LogP contribution in [-0.2, 0) is 21.7 Å². The lowest BCUT2D eigenvalue weighted by atomic mass is 10.0. The first kappa shape index (κ1) is 18.7. The van der Waals surface area contributed by atoms with Gasteiger partial charge in [0.1, 0.15) is 0 Å². The zero-order chi connectivity index (χ0) is 19.9. The maximum atomic E-state index is 12.8. The van der Waals surface area contributed by atoms with Crippen LogP contribution in [0.3, 0.4) is 0 Å². The van der Waals surface area contributed by atoms with Gasteiger partial charge in [0, 0.05) is 23.4 Å². The molecule has 2 aromatic rings. The van der Waals surface area contributed by atoms with Gasteiger partial charge in [-0.25, -0.2) is 0 Å². The molecule has 1 heterocycles. The second-order valence-electron chi connectivity index (χ2n) is 7.61. The smallest absolute Gasteiger partial charge is 0.251 e. The van der Waals surface area contributed by atoms with E-state index in [4.69, 9.17) is 11.6 Å². The maximum Gasteiger partial charge on any atom is 0.251 e. The molecule has 1 aliphatic heterocycles. The summed E-state index contributed by atoms with van der Waals surface area (Å²) in [6, 6.07) is 14.6. The first-order chi connectivity index (χ1) is 13.4. The van der Waals surface area contributed by atoms with Gasteiger partial charge in [-0.3, -0.25) is 19.3 Å². The van der Waals surface area contributed by atoms with Gasteiger partial charge in [-0.05, 0) is 47.7 Å². The Morgan fingerprint density at radius 2 is 1.64 bits per heavy atom. The number of likely N-dealkylation sites (tertiary alicyclic amines) is 1. The van der Waals surface area contributed by atoms with E-state index in [0.717, 1.165) is 17.5 Å². The molecule has 0 radical (unpaired) electrons. The van der Waals surface area contributed by atoms with Crippen LogP contribution >= 0.6 is 11.6 Å². The topological polar surface area (TPSA) is 66.5 Å². The van der Waals surface area contributed by atoms with Crippen LogP contribution in [0.4, 0.5) is 0 Å². The van der Waals surface area contributed by atoms with E-state index in [9.17, 15) is 14.4 Å². The molecule has 28 heavy (non-hydrogen) atoms. The van der Waals surface area contributed by atoms with Gasteiger partial charge in [-0.2, -0.15) is 0 Å². The minimum atomic E-state index is -0.352. The van der Waals surface area contributed by atoms with Crippen LogP contribution in [-0.4, -0.2) is 22.6 Å². The third-order valence-corrected chi connectivity index (χ3v) is 5.97. The predicted molar refractivity (Wildman–Crippen MR) is 106 cm³/mol. The second kappa shape index (κ2) is 7.06. The van der Waals surface area contributed by atoms with Crippen molar-refractivity contribution in [2.45, 2.75) is 38.3 Å². The number of nitrogens with one attached hydrogen (secondary N) is 1. The highest BCUT2D eigenvalue weighted by atomic mass is 35.5. The zero-order valence-corrected chi connectivity index (χ0v) is 16.3. The molecule has 1 saturated heterocycles. The van der Waals surface area contributed by atoms with Gasteiger partial charge in [-0.1, -0.05) is 42.8 Å². The van der Waals surface area contributed by atoms with Crippen molar-refractivity contribution in [3.63, 3.8) is 0 Å². The van der Waals surface area contributed by atoms with Crippen molar-refractivity contribution in [2.24, 2.45) is 5.92 Å². The van der Waals surface area contributed by atoms with E-state index in [1.807, 2.05) is 24.3 Å². The van der Waals surface area contributed by atoms with Crippen LogP contribution in [0.25, 0.3) is 0 Å². The molecule has 2 fully saturated rings. The molecule has 0 spiro atoms.